The highest BCUT2D eigenvalue weighted by atomic mass is 35.5. The Hall–Kier alpha value is -1.89. The minimum Gasteiger partial charge on any atom is -0.396 e. The molecular formula is C16H15ClN2O. The third-order valence-corrected chi connectivity index (χ3v) is 3.49. The molecule has 2 rings (SSSR count). The number of hydrogen-bond acceptors (Lipinski definition) is 3. The van der Waals surface area contributed by atoms with Crippen LogP contribution in [0.1, 0.15) is 29.5 Å². The maximum absolute atomic E-state index is 9.51. The summed E-state index contributed by atoms with van der Waals surface area (Å²) >= 11 is 5.85. The smallest absolute Gasteiger partial charge is 0.0797 e. The van der Waals surface area contributed by atoms with E-state index in [4.69, 9.17) is 11.6 Å². The molecule has 0 saturated carbocycles. The first-order valence-corrected chi connectivity index (χ1v) is 6.81. The topological polar surface area (TPSA) is 56.9 Å². The predicted molar refractivity (Wildman–Crippen MR) is 78.5 cm³/mol. The zero-order chi connectivity index (χ0) is 14.4. The third kappa shape index (κ3) is 3.36. The molecular weight excluding hydrogens is 272 g/mol. The molecule has 0 aliphatic rings. The number of halogens is 1. The summed E-state index contributed by atoms with van der Waals surface area (Å²) in [5.41, 5.74) is 1.71. The van der Waals surface area contributed by atoms with Crippen molar-refractivity contribution in [3.8, 4) is 6.07 Å². The number of aromatic nitrogens is 1. The van der Waals surface area contributed by atoms with Gasteiger partial charge in [0.05, 0.1) is 17.0 Å². The number of nitriles is 1. The third-order valence-electron chi connectivity index (χ3n) is 3.27. The molecule has 0 aliphatic carbocycles. The van der Waals surface area contributed by atoms with Crippen molar-refractivity contribution in [3.63, 3.8) is 0 Å². The van der Waals surface area contributed by atoms with E-state index in [0.717, 1.165) is 11.3 Å². The van der Waals surface area contributed by atoms with Gasteiger partial charge in [-0.3, -0.25) is 4.98 Å². The van der Waals surface area contributed by atoms with Crippen LogP contribution in [0, 0.1) is 11.3 Å². The van der Waals surface area contributed by atoms with E-state index in [9.17, 15) is 10.4 Å². The second-order valence-electron chi connectivity index (χ2n) is 4.54. The molecule has 0 fully saturated rings. The van der Waals surface area contributed by atoms with Gasteiger partial charge in [-0.2, -0.15) is 5.26 Å². The van der Waals surface area contributed by atoms with Crippen molar-refractivity contribution in [1.29, 1.82) is 5.26 Å². The highest BCUT2D eigenvalue weighted by Crippen LogP contribution is 2.34. The normalized spacial score (nSPS) is 13.4. The Morgan fingerprint density at radius 2 is 1.95 bits per heavy atom. The number of benzene rings is 1. The molecule has 2 atom stereocenters. The summed E-state index contributed by atoms with van der Waals surface area (Å²) in [7, 11) is 0. The molecule has 102 valence electrons. The average Bonchev–Trinajstić information content (AvgIpc) is 2.49. The molecule has 2 aromatic rings. The van der Waals surface area contributed by atoms with Crippen LogP contribution in [0.3, 0.4) is 0 Å². The number of nitrogens with zero attached hydrogens (tertiary/aromatic N) is 2. The van der Waals surface area contributed by atoms with Gasteiger partial charge in [0.1, 0.15) is 0 Å². The minimum atomic E-state index is -0.336. The van der Waals surface area contributed by atoms with Crippen molar-refractivity contribution >= 4 is 11.6 Å². The van der Waals surface area contributed by atoms with E-state index < -0.39 is 0 Å². The van der Waals surface area contributed by atoms with Crippen LogP contribution < -0.4 is 0 Å². The number of rotatable bonds is 5. The Morgan fingerprint density at radius 3 is 2.50 bits per heavy atom. The second kappa shape index (κ2) is 7.04. The first-order chi connectivity index (χ1) is 9.76. The lowest BCUT2D eigenvalue weighted by Gasteiger charge is -2.21. The maximum atomic E-state index is 9.51. The molecule has 20 heavy (non-hydrogen) atoms. The molecule has 1 N–H and O–H groups in total. The summed E-state index contributed by atoms with van der Waals surface area (Å²) in [6, 6.07) is 15.5. The number of aliphatic hydroxyl groups is 1. The molecule has 4 heteroatoms. The molecule has 1 aromatic heterocycles. The first kappa shape index (κ1) is 14.5. The monoisotopic (exact) mass is 286 g/mol. The van der Waals surface area contributed by atoms with E-state index >= 15 is 0 Å². The second-order valence-corrected chi connectivity index (χ2v) is 4.97. The largest absolute Gasteiger partial charge is 0.396 e. The SMILES string of the molecule is N#C[C@H](c1ccccc1)[C@@H](CCO)c1ccc(Cl)cn1. The van der Waals surface area contributed by atoms with Gasteiger partial charge in [-0.15, -0.1) is 0 Å². The van der Waals surface area contributed by atoms with Gasteiger partial charge >= 0.3 is 0 Å². The lowest BCUT2D eigenvalue weighted by molar-refractivity contribution is 0.271. The van der Waals surface area contributed by atoms with Gasteiger partial charge in [0.2, 0.25) is 0 Å². The Balaban J connectivity index is 2.36. The van der Waals surface area contributed by atoms with Crippen LogP contribution in [-0.2, 0) is 0 Å². The van der Waals surface area contributed by atoms with Crippen LogP contribution in [0.15, 0.2) is 48.7 Å². The molecule has 0 radical (unpaired) electrons. The molecule has 0 amide bonds. The van der Waals surface area contributed by atoms with Gasteiger partial charge in [0, 0.05) is 24.4 Å². The van der Waals surface area contributed by atoms with Crippen molar-refractivity contribution in [2.45, 2.75) is 18.3 Å². The fourth-order valence-electron chi connectivity index (χ4n) is 2.29. The predicted octanol–water partition coefficient (Wildman–Crippen LogP) is 3.51. The van der Waals surface area contributed by atoms with Crippen LogP contribution in [0.2, 0.25) is 5.02 Å². The van der Waals surface area contributed by atoms with E-state index in [1.54, 1.807) is 12.3 Å². The van der Waals surface area contributed by atoms with Gasteiger partial charge in [-0.05, 0) is 24.1 Å². The highest BCUT2D eigenvalue weighted by Gasteiger charge is 2.25. The Bertz CT molecular complexity index is 578. The summed E-state index contributed by atoms with van der Waals surface area (Å²) in [4.78, 5) is 4.30. The van der Waals surface area contributed by atoms with Crippen molar-refractivity contribution in [2.24, 2.45) is 0 Å². The van der Waals surface area contributed by atoms with Gasteiger partial charge in [-0.25, -0.2) is 0 Å². The Kier molecular flexibility index (Phi) is 5.11. The summed E-state index contributed by atoms with van der Waals surface area (Å²) in [5.74, 6) is -0.485. The molecule has 0 saturated heterocycles. The average molecular weight is 287 g/mol. The molecule has 0 bridgehead atoms. The van der Waals surface area contributed by atoms with Crippen molar-refractivity contribution in [1.82, 2.24) is 4.98 Å². The molecule has 1 heterocycles. The van der Waals surface area contributed by atoms with E-state index in [1.165, 1.54) is 0 Å². The maximum Gasteiger partial charge on any atom is 0.0797 e. The van der Waals surface area contributed by atoms with Crippen LogP contribution in [0.25, 0.3) is 0 Å². The lowest BCUT2D eigenvalue weighted by Crippen LogP contribution is -2.13. The minimum absolute atomic E-state index is 0.0139. The van der Waals surface area contributed by atoms with Crippen molar-refractivity contribution < 1.29 is 5.11 Å². The van der Waals surface area contributed by atoms with E-state index in [-0.39, 0.29) is 18.4 Å². The van der Waals surface area contributed by atoms with Gasteiger partial charge in [0.25, 0.3) is 0 Å². The summed E-state index contributed by atoms with van der Waals surface area (Å²) in [6.07, 6.45) is 2.06. The zero-order valence-electron chi connectivity index (χ0n) is 10.9. The lowest BCUT2D eigenvalue weighted by atomic mass is 9.82. The summed E-state index contributed by atoms with van der Waals surface area (Å²) < 4.78 is 0. The summed E-state index contributed by atoms with van der Waals surface area (Å²) in [6.45, 7) is 0.0139. The van der Waals surface area contributed by atoms with Gasteiger partial charge < -0.3 is 5.11 Å². The van der Waals surface area contributed by atoms with Crippen molar-refractivity contribution in [3.05, 3.63) is 64.9 Å². The number of pyridine rings is 1. The number of hydrogen-bond donors (Lipinski definition) is 1. The standard InChI is InChI=1S/C16H15ClN2O/c17-13-6-7-16(19-11-13)14(8-9-20)15(10-18)12-4-2-1-3-5-12/h1-7,11,14-15,20H,8-9H2/t14-,15-/m1/s1. The fourth-order valence-corrected chi connectivity index (χ4v) is 2.40. The summed E-state index contributed by atoms with van der Waals surface area (Å²) in [5, 5.41) is 19.3. The molecule has 1 aromatic carbocycles. The van der Waals surface area contributed by atoms with Gasteiger partial charge in [-0.1, -0.05) is 41.9 Å². The van der Waals surface area contributed by atoms with Gasteiger partial charge in [0.15, 0.2) is 0 Å². The van der Waals surface area contributed by atoms with E-state index in [0.29, 0.717) is 11.4 Å². The van der Waals surface area contributed by atoms with Crippen LogP contribution >= 0.6 is 11.6 Å². The first-order valence-electron chi connectivity index (χ1n) is 6.43. The molecule has 0 spiro atoms. The highest BCUT2D eigenvalue weighted by molar-refractivity contribution is 6.30. The van der Waals surface area contributed by atoms with Crippen molar-refractivity contribution in [2.75, 3.05) is 6.61 Å². The van der Waals surface area contributed by atoms with Crippen LogP contribution in [0.5, 0.6) is 0 Å². The Morgan fingerprint density at radius 1 is 1.20 bits per heavy atom. The van der Waals surface area contributed by atoms with E-state index in [2.05, 4.69) is 11.1 Å². The number of aliphatic hydroxyl groups excluding tert-OH is 1. The van der Waals surface area contributed by atoms with Crippen LogP contribution in [-0.4, -0.2) is 16.7 Å². The van der Waals surface area contributed by atoms with E-state index in [1.807, 2.05) is 36.4 Å². The molecule has 0 unspecified atom stereocenters. The zero-order valence-corrected chi connectivity index (χ0v) is 11.7. The van der Waals surface area contributed by atoms with Crippen LogP contribution in [0.4, 0.5) is 0 Å². The molecule has 3 nitrogen and oxygen atoms in total. The fraction of sp³-hybridized carbons (Fsp3) is 0.250. The quantitative estimate of drug-likeness (QED) is 0.915. The molecule has 0 aliphatic heterocycles. The Labute approximate surface area is 123 Å².